The van der Waals surface area contributed by atoms with E-state index in [9.17, 15) is 25.3 Å². The molecule has 9 nitrogen and oxygen atoms in total. The number of aliphatic hydroxyl groups excluding tert-OH is 3. The molecule has 4 N–H and O–H groups in total. The van der Waals surface area contributed by atoms with E-state index in [1.807, 2.05) is 27.7 Å². The fourth-order valence-corrected chi connectivity index (χ4v) is 6.72. The van der Waals surface area contributed by atoms with Crippen molar-refractivity contribution in [2.75, 3.05) is 13.2 Å². The Kier molecular flexibility index (Phi) is 16.8. The van der Waals surface area contributed by atoms with Crippen molar-refractivity contribution in [3.8, 4) is 0 Å². The third kappa shape index (κ3) is 11.6. The van der Waals surface area contributed by atoms with E-state index in [0.717, 1.165) is 24.3 Å². The Morgan fingerprint density at radius 2 is 1.38 bits per heavy atom. The second kappa shape index (κ2) is 18.9. The molecule has 1 amide bonds. The zero-order valence-electron chi connectivity index (χ0n) is 27.3. The molecule has 1 radical (unpaired) electrons. The van der Waals surface area contributed by atoms with Gasteiger partial charge in [0, 0.05) is 23.4 Å². The summed E-state index contributed by atoms with van der Waals surface area (Å²) < 4.78 is 11.5. The first-order chi connectivity index (χ1) is 20.0. The van der Waals surface area contributed by atoms with Crippen LogP contribution < -0.4 is 5.32 Å². The number of carbonyl (C=O) groups excluding carboxylic acids is 1. The molecule has 0 aliphatic carbocycles. The molecule has 42 heavy (non-hydrogen) atoms. The van der Waals surface area contributed by atoms with E-state index in [2.05, 4.69) is 12.2 Å². The molecule has 2 aliphatic rings. The van der Waals surface area contributed by atoms with Gasteiger partial charge < -0.3 is 30.1 Å². The summed E-state index contributed by atoms with van der Waals surface area (Å²) in [6.07, 6.45) is 15.1. The van der Waals surface area contributed by atoms with Gasteiger partial charge >= 0.3 is 0 Å². The van der Waals surface area contributed by atoms with E-state index in [0.29, 0.717) is 12.8 Å². The van der Waals surface area contributed by atoms with Crippen LogP contribution in [-0.2, 0) is 19.5 Å². The Bertz CT molecular complexity index is 750. The van der Waals surface area contributed by atoms with Crippen molar-refractivity contribution in [2.45, 2.75) is 185 Å². The summed E-state index contributed by atoms with van der Waals surface area (Å²) in [7, 11) is 0. The Labute approximate surface area is 255 Å². The van der Waals surface area contributed by atoms with Gasteiger partial charge in [-0.1, -0.05) is 96.8 Å². The monoisotopic (exact) mass is 599 g/mol. The zero-order valence-corrected chi connectivity index (χ0v) is 27.3. The van der Waals surface area contributed by atoms with Gasteiger partial charge in [-0.2, -0.15) is 0 Å². The van der Waals surface area contributed by atoms with Crippen molar-refractivity contribution in [3.63, 3.8) is 0 Å². The molecule has 0 saturated carbocycles. The number of nitrogens with one attached hydrogen (secondary N) is 1. The lowest BCUT2D eigenvalue weighted by Crippen LogP contribution is -2.65. The first-order valence-corrected chi connectivity index (χ1v) is 17.0. The van der Waals surface area contributed by atoms with Crippen molar-refractivity contribution in [1.82, 2.24) is 10.4 Å². The highest BCUT2D eigenvalue weighted by Crippen LogP contribution is 2.44. The largest absolute Gasteiger partial charge is 0.394 e. The van der Waals surface area contributed by atoms with Crippen LogP contribution >= 0.6 is 0 Å². The summed E-state index contributed by atoms with van der Waals surface area (Å²) in [6, 6.07) is -0.979. The molecule has 6 atom stereocenters. The maximum Gasteiger partial charge on any atom is 0.220 e. The fraction of sp³-hybridized carbons (Fsp3) is 0.970. The predicted octanol–water partition coefficient (Wildman–Crippen LogP) is 5.41. The normalized spacial score (nSPS) is 29.2. The molecule has 2 fully saturated rings. The van der Waals surface area contributed by atoms with Crippen LogP contribution in [0.2, 0.25) is 0 Å². The number of amides is 1. The highest BCUT2D eigenvalue weighted by atomic mass is 16.6. The first kappa shape index (κ1) is 37.4. The second-order valence-corrected chi connectivity index (χ2v) is 14.0. The molecule has 0 bridgehead atoms. The number of aliphatic hydroxyl groups is 3. The van der Waals surface area contributed by atoms with E-state index in [-0.39, 0.29) is 18.4 Å². The number of nitrogens with zero attached hydrogens (tertiary/aromatic N) is 1. The molecule has 0 aromatic carbocycles. The molecular weight excluding hydrogens is 536 g/mol. The topological polar surface area (TPSA) is 131 Å². The van der Waals surface area contributed by atoms with Crippen molar-refractivity contribution in [3.05, 3.63) is 0 Å². The van der Waals surface area contributed by atoms with Gasteiger partial charge in [-0.25, -0.2) is 0 Å². The van der Waals surface area contributed by atoms with E-state index < -0.39 is 48.3 Å². The quantitative estimate of drug-likeness (QED) is 0.130. The number of hydrogen-bond acceptors (Lipinski definition) is 7. The third-order valence-corrected chi connectivity index (χ3v) is 9.52. The molecular formula is C33H63N2O7. The maximum absolute atomic E-state index is 12.8. The number of rotatable bonds is 21. The Balaban J connectivity index is 1.68. The lowest BCUT2D eigenvalue weighted by atomic mass is 9.87. The maximum atomic E-state index is 12.8. The summed E-state index contributed by atoms with van der Waals surface area (Å²) in [6.45, 7) is 9.50. The van der Waals surface area contributed by atoms with Crippen LogP contribution in [0.25, 0.3) is 0 Å². The Hall–Kier alpha value is -0.810. The molecule has 9 heteroatoms. The second-order valence-electron chi connectivity index (χ2n) is 14.0. The van der Waals surface area contributed by atoms with Gasteiger partial charge in [0.15, 0.2) is 6.29 Å². The molecule has 0 aromatic rings. The van der Waals surface area contributed by atoms with Gasteiger partial charge in [0.1, 0.15) is 24.4 Å². The van der Waals surface area contributed by atoms with Gasteiger partial charge in [0.2, 0.25) is 5.91 Å². The molecule has 2 rings (SSSR count). The number of hydrogen-bond donors (Lipinski definition) is 4. The van der Waals surface area contributed by atoms with Crippen LogP contribution in [0.4, 0.5) is 0 Å². The summed E-state index contributed by atoms with van der Waals surface area (Å²) in [5, 5.41) is 47.8. The molecule has 247 valence electrons. The third-order valence-electron chi connectivity index (χ3n) is 9.52. The number of unbranched alkanes of at least 4 members (excludes halogenated alkanes) is 14. The van der Waals surface area contributed by atoms with Crippen LogP contribution in [-0.4, -0.2) is 81.2 Å². The average Bonchev–Trinajstić information content (AvgIpc) is 3.10. The van der Waals surface area contributed by atoms with Crippen LogP contribution in [0.1, 0.15) is 144 Å². The summed E-state index contributed by atoms with van der Waals surface area (Å²) >= 11 is 0. The summed E-state index contributed by atoms with van der Waals surface area (Å²) in [4.78, 5) is 12.8. The molecule has 2 saturated heterocycles. The average molecular weight is 600 g/mol. The SMILES string of the molecule is CCCCCCCCCCCCCCCCCC(=O)N[C@H]1C(O)O[C@H](CO)[C@@H](O)[C@@H]1OCC1CC(C)(C)N([O])C1(C)C. The van der Waals surface area contributed by atoms with E-state index in [4.69, 9.17) is 9.47 Å². The smallest absolute Gasteiger partial charge is 0.220 e. The summed E-state index contributed by atoms with van der Waals surface area (Å²) in [5.41, 5.74) is -1.21. The van der Waals surface area contributed by atoms with Gasteiger partial charge in [-0.05, 0) is 40.5 Å². The van der Waals surface area contributed by atoms with Crippen LogP contribution in [0.3, 0.4) is 0 Å². The minimum Gasteiger partial charge on any atom is -0.394 e. The zero-order chi connectivity index (χ0) is 31.2. The van der Waals surface area contributed by atoms with Crippen LogP contribution in [0, 0.1) is 5.92 Å². The molecule has 2 unspecified atom stereocenters. The molecule has 0 spiro atoms. The fourth-order valence-electron chi connectivity index (χ4n) is 6.72. The van der Waals surface area contributed by atoms with E-state index >= 15 is 0 Å². The van der Waals surface area contributed by atoms with Gasteiger partial charge in [0.25, 0.3) is 0 Å². The molecule has 2 heterocycles. The van der Waals surface area contributed by atoms with E-state index in [1.54, 1.807) is 0 Å². The van der Waals surface area contributed by atoms with Crippen molar-refractivity contribution in [2.24, 2.45) is 5.92 Å². The van der Waals surface area contributed by atoms with Gasteiger partial charge in [-0.15, -0.1) is 10.3 Å². The van der Waals surface area contributed by atoms with E-state index in [1.165, 1.54) is 77.0 Å². The molecule has 0 aromatic heterocycles. The Morgan fingerprint density at radius 3 is 1.83 bits per heavy atom. The number of carbonyl (C=O) groups is 1. The van der Waals surface area contributed by atoms with Crippen LogP contribution in [0.15, 0.2) is 0 Å². The highest BCUT2D eigenvalue weighted by molar-refractivity contribution is 5.76. The summed E-state index contributed by atoms with van der Waals surface area (Å²) in [5.74, 6) is -0.338. The lowest BCUT2D eigenvalue weighted by Gasteiger charge is -2.43. The molecule has 2 aliphatic heterocycles. The predicted molar refractivity (Wildman–Crippen MR) is 164 cm³/mol. The number of hydroxylamine groups is 2. The van der Waals surface area contributed by atoms with Crippen molar-refractivity contribution < 1.29 is 34.8 Å². The minimum absolute atomic E-state index is 0.110. The number of ether oxygens (including phenoxy) is 2. The minimum atomic E-state index is -1.43. The van der Waals surface area contributed by atoms with Crippen molar-refractivity contribution >= 4 is 5.91 Å². The first-order valence-electron chi connectivity index (χ1n) is 17.0. The van der Waals surface area contributed by atoms with Gasteiger partial charge in [-0.3, -0.25) is 4.79 Å². The van der Waals surface area contributed by atoms with Crippen molar-refractivity contribution in [1.29, 1.82) is 0 Å². The highest BCUT2D eigenvalue weighted by Gasteiger charge is 2.53. The van der Waals surface area contributed by atoms with Gasteiger partial charge in [0.05, 0.1) is 13.2 Å². The standard InChI is InChI=1S/C33H63N2O7/c1-6-7-8-9-10-11-12-13-14-15-16-17-18-19-20-21-27(37)34-28-30(29(38)26(23-36)42-31(28)39)41-24-25-22-32(2,3)35(40)33(25,4)5/h25-26,28-31,36,38-39H,6-24H2,1-5H3,(H,34,37)/t25?,26-,28-,29-,30-,31?/m1/s1. The Morgan fingerprint density at radius 1 is 0.881 bits per heavy atom. The van der Waals surface area contributed by atoms with Crippen LogP contribution in [0.5, 0.6) is 0 Å². The lowest BCUT2D eigenvalue weighted by molar-refractivity contribution is -0.268.